The van der Waals surface area contributed by atoms with Crippen LogP contribution in [-0.2, 0) is 6.54 Å². The molecule has 0 unspecified atom stereocenters. The van der Waals surface area contributed by atoms with Gasteiger partial charge in [-0.1, -0.05) is 20.3 Å². The van der Waals surface area contributed by atoms with E-state index < -0.39 is 11.2 Å². The Labute approximate surface area is 165 Å². The summed E-state index contributed by atoms with van der Waals surface area (Å²) in [4.78, 5) is 33.5. The molecule has 0 spiro atoms. The summed E-state index contributed by atoms with van der Waals surface area (Å²) in [5.74, 6) is -0.317. The molecule has 1 aromatic heterocycles. The van der Waals surface area contributed by atoms with Crippen molar-refractivity contribution in [3.05, 3.63) is 50.7 Å². The second-order valence-corrected chi connectivity index (χ2v) is 6.56. The van der Waals surface area contributed by atoms with Gasteiger partial charge in [-0.3, -0.25) is 19.3 Å². The molecule has 152 valence electrons. The minimum absolute atomic E-state index is 0.0611. The molecule has 2 aromatic rings. The number of nitrogens with one attached hydrogen (secondary N) is 1. The van der Waals surface area contributed by atoms with Crippen molar-refractivity contribution in [2.24, 2.45) is 4.99 Å². The molecule has 0 atom stereocenters. The molecule has 0 bridgehead atoms. The lowest BCUT2D eigenvalue weighted by Gasteiger charge is -2.20. The minimum Gasteiger partial charge on any atom is -0.494 e. The summed E-state index contributed by atoms with van der Waals surface area (Å²) in [7, 11) is 0. The van der Waals surface area contributed by atoms with Gasteiger partial charge >= 0.3 is 5.69 Å². The topological polar surface area (TPSA) is 90.7 Å². The predicted molar refractivity (Wildman–Crippen MR) is 114 cm³/mol. The predicted octanol–water partition coefficient (Wildman–Crippen LogP) is 3.42. The molecule has 0 fully saturated rings. The fraction of sp³-hybridized carbons (Fsp3) is 0.476. The number of aliphatic imine (C=N–C) groups is 1. The highest BCUT2D eigenvalue weighted by Gasteiger charge is 2.18. The van der Waals surface area contributed by atoms with Crippen molar-refractivity contribution in [2.45, 2.75) is 53.5 Å². The van der Waals surface area contributed by atoms with E-state index in [1.165, 1.54) is 4.57 Å². The van der Waals surface area contributed by atoms with E-state index in [0.717, 1.165) is 31.6 Å². The highest BCUT2D eigenvalue weighted by atomic mass is 16.3. The van der Waals surface area contributed by atoms with Crippen LogP contribution in [0.3, 0.4) is 0 Å². The van der Waals surface area contributed by atoms with Gasteiger partial charge < -0.3 is 10.0 Å². The number of aromatic amines is 1. The van der Waals surface area contributed by atoms with Gasteiger partial charge in [-0.2, -0.15) is 0 Å². The molecule has 1 aromatic carbocycles. The number of hydrogen-bond donors (Lipinski definition) is 2. The minimum atomic E-state index is -0.615. The molecule has 2 N–H and O–H groups in total. The number of aromatic hydroxyl groups is 1. The molecule has 28 heavy (non-hydrogen) atoms. The average Bonchev–Trinajstić information content (AvgIpc) is 2.69. The van der Waals surface area contributed by atoms with Gasteiger partial charge in [0.15, 0.2) is 0 Å². The Hall–Kier alpha value is -2.83. The molecule has 0 aliphatic rings. The quantitative estimate of drug-likeness (QED) is 0.646. The first kappa shape index (κ1) is 21.5. The van der Waals surface area contributed by atoms with E-state index in [4.69, 9.17) is 0 Å². The zero-order chi connectivity index (χ0) is 20.7. The van der Waals surface area contributed by atoms with Crippen LogP contribution < -0.4 is 16.1 Å². The summed E-state index contributed by atoms with van der Waals surface area (Å²) in [6, 6.07) is 7.76. The van der Waals surface area contributed by atoms with E-state index in [1.807, 2.05) is 38.1 Å². The second-order valence-electron chi connectivity index (χ2n) is 6.56. The maximum Gasteiger partial charge on any atom is 0.331 e. The second kappa shape index (κ2) is 9.92. The number of H-pyrrole nitrogens is 1. The molecule has 7 heteroatoms. The third-order valence-electron chi connectivity index (χ3n) is 4.77. The van der Waals surface area contributed by atoms with Crippen LogP contribution in [0.4, 0.5) is 11.4 Å². The molecule has 0 aliphatic heterocycles. The molecule has 7 nitrogen and oxygen atoms in total. The Balaban J connectivity index is 2.47. The number of rotatable bonds is 9. The number of hydrogen-bond acceptors (Lipinski definition) is 5. The van der Waals surface area contributed by atoms with E-state index in [1.54, 1.807) is 0 Å². The molecule has 0 aliphatic carbocycles. The van der Waals surface area contributed by atoms with Crippen molar-refractivity contribution >= 4 is 17.1 Å². The van der Waals surface area contributed by atoms with Crippen LogP contribution in [0.5, 0.6) is 5.88 Å². The van der Waals surface area contributed by atoms with E-state index in [9.17, 15) is 14.7 Å². The molecular weight excluding hydrogens is 356 g/mol. The van der Waals surface area contributed by atoms with Gasteiger partial charge in [0.2, 0.25) is 5.88 Å². The Morgan fingerprint density at radius 3 is 2.29 bits per heavy atom. The number of anilines is 1. The van der Waals surface area contributed by atoms with Crippen LogP contribution in [0.1, 0.15) is 52.5 Å². The molecule has 0 radical (unpaired) electrons. The van der Waals surface area contributed by atoms with E-state index >= 15 is 0 Å². The highest BCUT2D eigenvalue weighted by molar-refractivity contribution is 6.03. The summed E-state index contributed by atoms with van der Waals surface area (Å²) in [5, 5.41) is 10.6. The van der Waals surface area contributed by atoms with Gasteiger partial charge in [0.25, 0.3) is 5.56 Å². The van der Waals surface area contributed by atoms with Crippen LogP contribution in [0.2, 0.25) is 0 Å². The summed E-state index contributed by atoms with van der Waals surface area (Å²) in [6.45, 7) is 10.3. The SMILES string of the molecule is CCCCn1c(O)c(C(CC)=Nc2ccc(N(CC)CC)cc2)c(=O)[nH]c1=O. The smallest absolute Gasteiger partial charge is 0.331 e. The lowest BCUT2D eigenvalue weighted by Crippen LogP contribution is -2.34. The van der Waals surface area contributed by atoms with Crippen LogP contribution in [0.15, 0.2) is 38.8 Å². The maximum absolute atomic E-state index is 12.4. The Morgan fingerprint density at radius 1 is 1.11 bits per heavy atom. The Morgan fingerprint density at radius 2 is 1.75 bits per heavy atom. The first-order chi connectivity index (χ1) is 13.5. The Kier molecular flexibility index (Phi) is 7.61. The van der Waals surface area contributed by atoms with Gasteiger partial charge in [0.1, 0.15) is 5.56 Å². The summed E-state index contributed by atoms with van der Waals surface area (Å²) < 4.78 is 1.20. The van der Waals surface area contributed by atoms with E-state index in [-0.39, 0.29) is 11.4 Å². The highest BCUT2D eigenvalue weighted by Crippen LogP contribution is 2.22. The normalized spacial score (nSPS) is 11.6. The van der Waals surface area contributed by atoms with Crippen molar-refractivity contribution in [3.8, 4) is 5.88 Å². The zero-order valence-corrected chi connectivity index (χ0v) is 17.2. The number of aromatic nitrogens is 2. The van der Waals surface area contributed by atoms with Gasteiger partial charge in [0.05, 0.1) is 11.4 Å². The van der Waals surface area contributed by atoms with E-state index in [0.29, 0.717) is 24.4 Å². The fourth-order valence-corrected chi connectivity index (χ4v) is 3.14. The third kappa shape index (κ3) is 4.71. The maximum atomic E-state index is 12.4. The molecule has 0 saturated heterocycles. The lowest BCUT2D eigenvalue weighted by molar-refractivity contribution is 0.394. The first-order valence-electron chi connectivity index (χ1n) is 9.95. The van der Waals surface area contributed by atoms with Gasteiger partial charge in [0, 0.05) is 25.3 Å². The lowest BCUT2D eigenvalue weighted by atomic mass is 10.1. The third-order valence-corrected chi connectivity index (χ3v) is 4.77. The number of nitrogens with zero attached hydrogens (tertiary/aromatic N) is 3. The van der Waals surface area contributed by atoms with Crippen molar-refractivity contribution in [3.63, 3.8) is 0 Å². The first-order valence-corrected chi connectivity index (χ1v) is 9.95. The summed E-state index contributed by atoms with van der Waals surface area (Å²) >= 11 is 0. The Bertz CT molecular complexity index is 922. The van der Waals surface area contributed by atoms with Crippen molar-refractivity contribution in [1.29, 1.82) is 0 Å². The number of unbranched alkanes of at least 4 members (excludes halogenated alkanes) is 1. The monoisotopic (exact) mass is 386 g/mol. The van der Waals surface area contributed by atoms with Crippen molar-refractivity contribution in [1.82, 2.24) is 9.55 Å². The molecule has 2 rings (SSSR count). The van der Waals surface area contributed by atoms with E-state index in [2.05, 4.69) is 28.7 Å². The summed E-state index contributed by atoms with van der Waals surface area (Å²) in [5.41, 5.74) is 1.09. The molecule has 0 saturated carbocycles. The van der Waals surface area contributed by atoms with Crippen LogP contribution in [0.25, 0.3) is 0 Å². The largest absolute Gasteiger partial charge is 0.494 e. The standard InChI is InChI=1S/C21H30N4O3/c1-5-9-14-25-20(27)18(19(26)23-21(25)28)17(6-2)22-15-10-12-16(13-11-15)24(7-3)8-4/h10-13,27H,5-9,14H2,1-4H3,(H,23,26,28). The van der Waals surface area contributed by atoms with Crippen LogP contribution >= 0.6 is 0 Å². The van der Waals surface area contributed by atoms with Crippen LogP contribution in [-0.4, -0.2) is 33.5 Å². The summed E-state index contributed by atoms with van der Waals surface area (Å²) in [6.07, 6.45) is 2.04. The zero-order valence-electron chi connectivity index (χ0n) is 17.2. The van der Waals surface area contributed by atoms with Crippen molar-refractivity contribution in [2.75, 3.05) is 18.0 Å². The molecular formula is C21H30N4O3. The fourth-order valence-electron chi connectivity index (χ4n) is 3.14. The number of benzene rings is 1. The van der Waals surface area contributed by atoms with Crippen LogP contribution in [0, 0.1) is 0 Å². The average molecular weight is 386 g/mol. The molecule has 0 amide bonds. The molecule has 1 heterocycles. The van der Waals surface area contributed by atoms with Gasteiger partial charge in [-0.25, -0.2) is 4.79 Å². The van der Waals surface area contributed by atoms with Gasteiger partial charge in [-0.15, -0.1) is 0 Å². The van der Waals surface area contributed by atoms with Crippen molar-refractivity contribution < 1.29 is 5.11 Å². The van der Waals surface area contributed by atoms with Gasteiger partial charge in [-0.05, 0) is 51.0 Å².